The maximum absolute atomic E-state index is 11.0. The molecule has 2 saturated carbocycles. The van der Waals surface area contributed by atoms with Crippen LogP contribution in [-0.4, -0.2) is 22.9 Å². The van der Waals surface area contributed by atoms with E-state index in [1.165, 1.54) is 37.7 Å². The molecule has 182 valence electrons. The van der Waals surface area contributed by atoms with Gasteiger partial charge in [0.2, 0.25) is 0 Å². The van der Waals surface area contributed by atoms with Crippen molar-refractivity contribution in [3.05, 3.63) is 23.3 Å². The first kappa shape index (κ1) is 24.5. The lowest BCUT2D eigenvalue weighted by molar-refractivity contribution is -0.0536. The van der Waals surface area contributed by atoms with Crippen LogP contribution in [-0.2, 0) is 0 Å². The first-order valence-electron chi connectivity index (χ1n) is 13.7. The van der Waals surface area contributed by atoms with Crippen molar-refractivity contribution in [2.24, 2.45) is 45.8 Å². The zero-order valence-corrected chi connectivity index (χ0v) is 21.8. The molecule has 0 unspecified atom stereocenters. The molecule has 0 aromatic carbocycles. The SMILES string of the molecule is C=C(CC[C@@H](C)[C@H]1CC[C@@]2(CO)C3=C(CC[C@]12C)[C@@]1(C)CC[C@H](O)[C@@H](C)[C@@H]1CC3)C(C)C. The molecule has 0 radical (unpaired) electrons. The summed E-state index contributed by atoms with van der Waals surface area (Å²) in [5.41, 5.74) is 5.19. The number of aliphatic hydroxyl groups excluding tert-OH is 2. The highest BCUT2D eigenvalue weighted by molar-refractivity contribution is 5.39. The van der Waals surface area contributed by atoms with Crippen molar-refractivity contribution >= 4 is 0 Å². The van der Waals surface area contributed by atoms with Crippen LogP contribution in [0.25, 0.3) is 0 Å². The zero-order valence-electron chi connectivity index (χ0n) is 21.8. The zero-order chi connectivity index (χ0) is 23.5. The lowest BCUT2D eigenvalue weighted by atomic mass is 9.45. The highest BCUT2D eigenvalue weighted by Crippen LogP contribution is 2.71. The predicted molar refractivity (Wildman–Crippen MR) is 134 cm³/mol. The molecular formula is C30H50O2. The summed E-state index contributed by atoms with van der Waals surface area (Å²) in [4.78, 5) is 0. The number of hydrogen-bond donors (Lipinski definition) is 2. The Bertz CT molecular complexity index is 765. The van der Waals surface area contributed by atoms with Crippen LogP contribution in [0.3, 0.4) is 0 Å². The molecule has 8 atom stereocenters. The molecule has 0 saturated heterocycles. The summed E-state index contributed by atoms with van der Waals surface area (Å²) in [7, 11) is 0. The van der Waals surface area contributed by atoms with Gasteiger partial charge in [0.05, 0.1) is 12.7 Å². The summed E-state index contributed by atoms with van der Waals surface area (Å²) in [6.07, 6.45) is 11.5. The normalized spacial score (nSPS) is 44.8. The Labute approximate surface area is 198 Å². The first-order valence-corrected chi connectivity index (χ1v) is 13.7. The predicted octanol–water partition coefficient (Wildman–Crippen LogP) is 7.31. The third-order valence-corrected chi connectivity index (χ3v) is 11.7. The second-order valence-electron chi connectivity index (χ2n) is 13.1. The summed E-state index contributed by atoms with van der Waals surface area (Å²) in [5, 5.41) is 21.6. The summed E-state index contributed by atoms with van der Waals surface area (Å²) in [5.74, 6) is 2.95. The van der Waals surface area contributed by atoms with Gasteiger partial charge in [-0.25, -0.2) is 0 Å². The fourth-order valence-electron chi connectivity index (χ4n) is 9.30. The van der Waals surface area contributed by atoms with Gasteiger partial charge in [-0.05, 0) is 105 Å². The molecule has 0 bridgehead atoms. The molecule has 2 nitrogen and oxygen atoms in total. The van der Waals surface area contributed by atoms with E-state index in [9.17, 15) is 10.2 Å². The third-order valence-electron chi connectivity index (χ3n) is 11.7. The fourth-order valence-corrected chi connectivity index (χ4v) is 9.30. The monoisotopic (exact) mass is 442 g/mol. The highest BCUT2D eigenvalue weighted by Gasteiger charge is 2.63. The van der Waals surface area contributed by atoms with Crippen LogP contribution in [0.2, 0.25) is 0 Å². The number of hydrogen-bond acceptors (Lipinski definition) is 2. The lowest BCUT2D eigenvalue weighted by Crippen LogP contribution is -2.53. The molecule has 32 heavy (non-hydrogen) atoms. The van der Waals surface area contributed by atoms with Gasteiger partial charge in [-0.2, -0.15) is 0 Å². The molecule has 0 aliphatic heterocycles. The molecule has 4 aliphatic rings. The van der Waals surface area contributed by atoms with Gasteiger partial charge in [-0.1, -0.05) is 64.8 Å². The Kier molecular flexibility index (Phi) is 6.56. The molecule has 2 fully saturated rings. The minimum absolute atomic E-state index is 0.0121. The Morgan fingerprint density at radius 1 is 1.03 bits per heavy atom. The molecule has 0 aromatic heterocycles. The van der Waals surface area contributed by atoms with Crippen LogP contribution >= 0.6 is 0 Å². The van der Waals surface area contributed by atoms with Gasteiger partial charge in [0, 0.05) is 5.41 Å². The van der Waals surface area contributed by atoms with Gasteiger partial charge in [-0.15, -0.1) is 0 Å². The average Bonchev–Trinajstić information content (AvgIpc) is 3.08. The molecule has 2 heteroatoms. The minimum atomic E-state index is -0.131. The maximum Gasteiger partial charge on any atom is 0.0569 e. The van der Waals surface area contributed by atoms with Gasteiger partial charge in [0.25, 0.3) is 0 Å². The van der Waals surface area contributed by atoms with Crippen LogP contribution in [0.5, 0.6) is 0 Å². The Hall–Kier alpha value is -0.600. The van der Waals surface area contributed by atoms with Crippen molar-refractivity contribution in [1.29, 1.82) is 0 Å². The highest BCUT2D eigenvalue weighted by atomic mass is 16.3. The van der Waals surface area contributed by atoms with E-state index in [0.717, 1.165) is 32.1 Å². The summed E-state index contributed by atoms with van der Waals surface area (Å²) in [6, 6.07) is 0. The van der Waals surface area contributed by atoms with E-state index in [0.29, 0.717) is 36.2 Å². The molecule has 0 amide bonds. The van der Waals surface area contributed by atoms with Gasteiger partial charge >= 0.3 is 0 Å². The van der Waals surface area contributed by atoms with Crippen molar-refractivity contribution in [2.75, 3.05) is 6.61 Å². The first-order chi connectivity index (χ1) is 15.0. The Morgan fingerprint density at radius 2 is 1.75 bits per heavy atom. The number of rotatable bonds is 6. The largest absolute Gasteiger partial charge is 0.395 e. The second kappa shape index (κ2) is 8.56. The van der Waals surface area contributed by atoms with Crippen molar-refractivity contribution in [1.82, 2.24) is 0 Å². The van der Waals surface area contributed by atoms with Gasteiger partial charge in [-0.3, -0.25) is 0 Å². The number of fused-ring (bicyclic) bond motifs is 4. The van der Waals surface area contributed by atoms with E-state index in [2.05, 4.69) is 48.1 Å². The lowest BCUT2D eigenvalue weighted by Gasteiger charge is -2.60. The van der Waals surface area contributed by atoms with E-state index in [1.807, 2.05) is 0 Å². The fraction of sp³-hybridized carbons (Fsp3) is 0.867. The Morgan fingerprint density at radius 3 is 2.41 bits per heavy atom. The van der Waals surface area contributed by atoms with Crippen LogP contribution in [0.4, 0.5) is 0 Å². The standard InChI is InChI=1S/C30H50O2/c1-19(2)20(3)8-9-21(4)23-13-17-30(18-31)26-11-10-24-22(5)27(32)14-15-28(24,6)25(26)12-16-29(23,30)7/h19,21-24,27,31-32H,3,8-18H2,1-2,4-7H3/t21-,22+,23-,24+,27+,28+,29-,30-/m1/s1. The summed E-state index contributed by atoms with van der Waals surface area (Å²) >= 11 is 0. The number of aliphatic hydroxyl groups is 2. The van der Waals surface area contributed by atoms with Crippen molar-refractivity contribution < 1.29 is 10.2 Å². The Balaban J connectivity index is 1.64. The number of allylic oxidation sites excluding steroid dienone is 2. The molecule has 4 aliphatic carbocycles. The van der Waals surface area contributed by atoms with Crippen LogP contribution in [0.15, 0.2) is 23.3 Å². The van der Waals surface area contributed by atoms with Crippen molar-refractivity contribution in [3.63, 3.8) is 0 Å². The van der Waals surface area contributed by atoms with E-state index in [-0.39, 0.29) is 22.3 Å². The van der Waals surface area contributed by atoms with Gasteiger partial charge < -0.3 is 10.2 Å². The van der Waals surface area contributed by atoms with Crippen LogP contribution < -0.4 is 0 Å². The van der Waals surface area contributed by atoms with Crippen molar-refractivity contribution in [2.45, 2.75) is 112 Å². The molecule has 2 N–H and O–H groups in total. The summed E-state index contributed by atoms with van der Waals surface area (Å²) in [6.45, 7) is 19.0. The molecule has 0 spiro atoms. The third kappa shape index (κ3) is 3.41. The molecular weight excluding hydrogens is 392 g/mol. The van der Waals surface area contributed by atoms with Crippen molar-refractivity contribution in [3.8, 4) is 0 Å². The van der Waals surface area contributed by atoms with Gasteiger partial charge in [0.15, 0.2) is 0 Å². The van der Waals surface area contributed by atoms with Crippen LogP contribution in [0, 0.1) is 45.8 Å². The second-order valence-corrected chi connectivity index (χ2v) is 13.1. The quantitative estimate of drug-likeness (QED) is 0.423. The van der Waals surface area contributed by atoms with E-state index < -0.39 is 0 Å². The minimum Gasteiger partial charge on any atom is -0.395 e. The molecule has 0 heterocycles. The van der Waals surface area contributed by atoms with Gasteiger partial charge in [0.1, 0.15) is 0 Å². The van der Waals surface area contributed by atoms with E-state index in [1.54, 1.807) is 11.1 Å². The smallest absolute Gasteiger partial charge is 0.0569 e. The average molecular weight is 443 g/mol. The maximum atomic E-state index is 11.0. The topological polar surface area (TPSA) is 40.5 Å². The molecule has 0 aromatic rings. The molecule has 4 rings (SSSR count). The van der Waals surface area contributed by atoms with Crippen LogP contribution in [0.1, 0.15) is 106 Å². The van der Waals surface area contributed by atoms with E-state index in [4.69, 9.17) is 0 Å². The summed E-state index contributed by atoms with van der Waals surface area (Å²) < 4.78 is 0. The van der Waals surface area contributed by atoms with E-state index >= 15 is 0 Å².